The van der Waals surface area contributed by atoms with Crippen molar-refractivity contribution in [1.82, 2.24) is 0 Å². The van der Waals surface area contributed by atoms with Crippen molar-refractivity contribution in [2.75, 3.05) is 11.5 Å². The predicted molar refractivity (Wildman–Crippen MR) is 55.9 cm³/mol. The second kappa shape index (κ2) is 7.67. The summed E-state index contributed by atoms with van der Waals surface area (Å²) in [5.74, 6) is 2.76. The van der Waals surface area contributed by atoms with E-state index in [0.29, 0.717) is 0 Å². The molecule has 0 aliphatic heterocycles. The molecule has 0 rings (SSSR count). The normalized spacial score (nSPS) is 10.8. The zero-order valence-corrected chi connectivity index (χ0v) is 9.49. The maximum absolute atomic E-state index is 2.44. The maximum Gasteiger partial charge on any atom is 0.0305 e. The first-order valence-electron chi connectivity index (χ1n) is 4.35. The Kier molecular flexibility index (Phi) is 8.11. The van der Waals surface area contributed by atoms with Gasteiger partial charge in [0.1, 0.15) is 0 Å². The number of thioether (sulfide) groups is 1. The Morgan fingerprint density at radius 3 is 2.40 bits per heavy atom. The lowest BCUT2D eigenvalue weighted by atomic mass is 10.6. The molecule has 0 N–H and O–H groups in total. The fraction of sp³-hybridized carbons (Fsp3) is 1.00. The van der Waals surface area contributed by atoms with Crippen molar-refractivity contribution in [3.63, 3.8) is 0 Å². The first kappa shape index (κ1) is 10.6. The maximum atomic E-state index is 2.44. The molecular formula is C8H20SSi. The van der Waals surface area contributed by atoms with Gasteiger partial charge >= 0.3 is 0 Å². The summed E-state index contributed by atoms with van der Waals surface area (Å²) in [4.78, 5) is 0. The summed E-state index contributed by atoms with van der Waals surface area (Å²) in [5, 5.41) is 0. The van der Waals surface area contributed by atoms with Crippen LogP contribution in [-0.4, -0.2) is 20.3 Å². The van der Waals surface area contributed by atoms with Crippen molar-refractivity contribution in [2.24, 2.45) is 0 Å². The van der Waals surface area contributed by atoms with Gasteiger partial charge in [-0.1, -0.05) is 26.1 Å². The Balaban J connectivity index is 2.77. The predicted octanol–water partition coefficient (Wildman–Crippen LogP) is 3.01. The lowest BCUT2D eigenvalue weighted by molar-refractivity contribution is 1.06. The molecule has 0 aliphatic rings. The van der Waals surface area contributed by atoms with Crippen molar-refractivity contribution < 1.29 is 0 Å². The SMILES string of the molecule is CCCSCCC[SiH](C)C. The highest BCUT2D eigenvalue weighted by molar-refractivity contribution is 7.99. The van der Waals surface area contributed by atoms with Crippen molar-refractivity contribution in [3.05, 3.63) is 0 Å². The van der Waals surface area contributed by atoms with Crippen LogP contribution in [-0.2, 0) is 0 Å². The van der Waals surface area contributed by atoms with E-state index < -0.39 is 0 Å². The third-order valence-corrected chi connectivity index (χ3v) is 4.26. The minimum atomic E-state index is -0.235. The third kappa shape index (κ3) is 8.57. The summed E-state index contributed by atoms with van der Waals surface area (Å²) in [7, 11) is -0.235. The molecule has 10 heavy (non-hydrogen) atoms. The largest absolute Gasteiger partial charge is 0.162 e. The van der Waals surface area contributed by atoms with E-state index >= 15 is 0 Å². The third-order valence-electron chi connectivity index (χ3n) is 1.42. The van der Waals surface area contributed by atoms with Gasteiger partial charge in [0, 0.05) is 8.80 Å². The van der Waals surface area contributed by atoms with Crippen LogP contribution in [0.4, 0.5) is 0 Å². The second-order valence-electron chi connectivity index (χ2n) is 3.15. The fourth-order valence-corrected chi connectivity index (χ4v) is 3.02. The highest BCUT2D eigenvalue weighted by Crippen LogP contribution is 2.07. The van der Waals surface area contributed by atoms with Crippen LogP contribution >= 0.6 is 11.8 Å². The molecule has 0 bridgehead atoms. The van der Waals surface area contributed by atoms with Crippen molar-refractivity contribution in [2.45, 2.75) is 38.9 Å². The first-order valence-corrected chi connectivity index (χ1v) is 8.63. The van der Waals surface area contributed by atoms with Gasteiger partial charge in [-0.15, -0.1) is 0 Å². The van der Waals surface area contributed by atoms with Crippen molar-refractivity contribution in [3.8, 4) is 0 Å². The van der Waals surface area contributed by atoms with E-state index in [2.05, 4.69) is 31.8 Å². The molecule has 0 radical (unpaired) electrons. The first-order chi connectivity index (χ1) is 4.77. The molecular weight excluding hydrogens is 156 g/mol. The van der Waals surface area contributed by atoms with Crippen LogP contribution < -0.4 is 0 Å². The van der Waals surface area contributed by atoms with Gasteiger partial charge in [-0.05, 0) is 24.3 Å². The van der Waals surface area contributed by atoms with E-state index in [1.807, 2.05) is 0 Å². The Labute approximate surface area is 71.4 Å². The standard InChI is InChI=1S/C8H20SSi/c1-4-6-9-7-5-8-10(2)3/h10H,4-8H2,1-3H3. The van der Waals surface area contributed by atoms with Gasteiger partial charge < -0.3 is 0 Å². The van der Waals surface area contributed by atoms with Gasteiger partial charge in [0.25, 0.3) is 0 Å². The zero-order chi connectivity index (χ0) is 7.82. The van der Waals surface area contributed by atoms with Gasteiger partial charge in [0.15, 0.2) is 0 Å². The van der Waals surface area contributed by atoms with Crippen LogP contribution in [0.2, 0.25) is 19.1 Å². The van der Waals surface area contributed by atoms with Gasteiger partial charge in [-0.25, -0.2) is 0 Å². The van der Waals surface area contributed by atoms with Gasteiger partial charge in [0.05, 0.1) is 0 Å². The average Bonchev–Trinajstić information content (AvgIpc) is 1.87. The summed E-state index contributed by atoms with van der Waals surface area (Å²) >= 11 is 2.12. The van der Waals surface area contributed by atoms with E-state index in [-0.39, 0.29) is 8.80 Å². The van der Waals surface area contributed by atoms with Crippen molar-refractivity contribution in [1.29, 1.82) is 0 Å². The Morgan fingerprint density at radius 1 is 1.20 bits per heavy atom. The summed E-state index contributed by atoms with van der Waals surface area (Å²) in [5.41, 5.74) is 0. The fourth-order valence-electron chi connectivity index (χ4n) is 0.840. The van der Waals surface area contributed by atoms with Crippen LogP contribution in [0.1, 0.15) is 19.8 Å². The Bertz CT molecular complexity index is 64.3. The molecule has 0 aliphatic carbocycles. The lowest BCUT2D eigenvalue weighted by Crippen LogP contribution is -1.98. The molecule has 62 valence electrons. The molecule has 0 heterocycles. The minimum Gasteiger partial charge on any atom is -0.162 e. The zero-order valence-electron chi connectivity index (χ0n) is 7.52. The molecule has 0 unspecified atom stereocenters. The smallest absolute Gasteiger partial charge is 0.0305 e. The van der Waals surface area contributed by atoms with E-state index in [9.17, 15) is 0 Å². The number of hydrogen-bond donors (Lipinski definition) is 0. The average molecular weight is 176 g/mol. The van der Waals surface area contributed by atoms with Gasteiger partial charge in [-0.2, -0.15) is 11.8 Å². The Morgan fingerprint density at radius 2 is 1.90 bits per heavy atom. The van der Waals surface area contributed by atoms with Crippen LogP contribution in [0.5, 0.6) is 0 Å². The van der Waals surface area contributed by atoms with Crippen LogP contribution in [0.25, 0.3) is 0 Å². The van der Waals surface area contributed by atoms with Crippen molar-refractivity contribution >= 4 is 20.6 Å². The summed E-state index contributed by atoms with van der Waals surface area (Å²) in [6.07, 6.45) is 2.80. The van der Waals surface area contributed by atoms with Gasteiger partial charge in [-0.3, -0.25) is 0 Å². The highest BCUT2D eigenvalue weighted by atomic mass is 32.2. The molecule has 0 aromatic heterocycles. The van der Waals surface area contributed by atoms with Crippen LogP contribution in [0.15, 0.2) is 0 Å². The number of hydrogen-bond acceptors (Lipinski definition) is 1. The molecule has 0 aromatic carbocycles. The Hall–Kier alpha value is 0.567. The second-order valence-corrected chi connectivity index (χ2v) is 7.74. The summed E-state index contributed by atoms with van der Waals surface area (Å²) in [6.45, 7) is 7.12. The van der Waals surface area contributed by atoms with E-state index in [1.165, 1.54) is 30.4 Å². The molecule has 0 saturated heterocycles. The van der Waals surface area contributed by atoms with E-state index in [0.717, 1.165) is 0 Å². The number of rotatable bonds is 6. The van der Waals surface area contributed by atoms with Crippen LogP contribution in [0.3, 0.4) is 0 Å². The molecule has 0 saturated carbocycles. The lowest BCUT2D eigenvalue weighted by Gasteiger charge is -2.01. The molecule has 0 spiro atoms. The molecule has 0 aromatic rings. The van der Waals surface area contributed by atoms with E-state index in [4.69, 9.17) is 0 Å². The highest BCUT2D eigenvalue weighted by Gasteiger charge is 1.94. The van der Waals surface area contributed by atoms with E-state index in [1.54, 1.807) is 0 Å². The summed E-state index contributed by atoms with van der Waals surface area (Å²) in [6, 6.07) is 1.54. The molecule has 0 nitrogen and oxygen atoms in total. The van der Waals surface area contributed by atoms with Gasteiger partial charge in [0.2, 0.25) is 0 Å². The molecule has 0 fully saturated rings. The summed E-state index contributed by atoms with van der Waals surface area (Å²) < 4.78 is 0. The monoisotopic (exact) mass is 176 g/mol. The quantitative estimate of drug-likeness (QED) is 0.443. The molecule has 0 atom stereocenters. The molecule has 0 amide bonds. The minimum absolute atomic E-state index is 0.235. The molecule has 2 heteroatoms. The van der Waals surface area contributed by atoms with Crippen LogP contribution in [0, 0.1) is 0 Å². The topological polar surface area (TPSA) is 0 Å².